The SMILES string of the molecule is CC1CC(CN)CN1C(=O)C1CCCCC1C(F)(F)F.Cl. The number of amides is 1. The van der Waals surface area contributed by atoms with Gasteiger partial charge in [0, 0.05) is 18.5 Å². The maximum Gasteiger partial charge on any atom is 0.392 e. The zero-order valence-electron chi connectivity index (χ0n) is 12.2. The second-order valence-corrected chi connectivity index (χ2v) is 6.22. The number of carbonyl (C=O) groups excluding carboxylic acids is 1. The lowest BCUT2D eigenvalue weighted by atomic mass is 9.78. The Morgan fingerprint density at radius 1 is 1.29 bits per heavy atom. The molecule has 1 aliphatic heterocycles. The van der Waals surface area contributed by atoms with E-state index in [0.717, 1.165) is 6.42 Å². The monoisotopic (exact) mass is 328 g/mol. The molecule has 2 fully saturated rings. The molecule has 1 heterocycles. The molecule has 2 aliphatic rings. The number of hydrogen-bond donors (Lipinski definition) is 1. The summed E-state index contributed by atoms with van der Waals surface area (Å²) in [6.45, 7) is 2.90. The third kappa shape index (κ3) is 4.03. The van der Waals surface area contributed by atoms with E-state index >= 15 is 0 Å². The molecule has 0 aromatic carbocycles. The van der Waals surface area contributed by atoms with Crippen LogP contribution in [0.15, 0.2) is 0 Å². The molecule has 2 rings (SSSR count). The predicted molar refractivity (Wildman–Crippen MR) is 77.1 cm³/mol. The second-order valence-electron chi connectivity index (χ2n) is 6.22. The number of nitrogens with two attached hydrogens (primary N) is 1. The number of likely N-dealkylation sites (tertiary alicyclic amines) is 1. The number of rotatable bonds is 2. The molecule has 1 saturated heterocycles. The van der Waals surface area contributed by atoms with E-state index in [4.69, 9.17) is 5.73 Å². The highest BCUT2D eigenvalue weighted by Crippen LogP contribution is 2.43. The van der Waals surface area contributed by atoms with Gasteiger partial charge in [0.25, 0.3) is 0 Å². The molecular formula is C14H24ClF3N2O. The van der Waals surface area contributed by atoms with E-state index < -0.39 is 18.0 Å². The van der Waals surface area contributed by atoms with Gasteiger partial charge in [0.1, 0.15) is 0 Å². The maximum absolute atomic E-state index is 13.1. The van der Waals surface area contributed by atoms with Crippen LogP contribution in [0.5, 0.6) is 0 Å². The number of hydrogen-bond acceptors (Lipinski definition) is 2. The fraction of sp³-hybridized carbons (Fsp3) is 0.929. The first kappa shape index (κ1) is 18.6. The van der Waals surface area contributed by atoms with E-state index in [9.17, 15) is 18.0 Å². The van der Waals surface area contributed by atoms with Crippen LogP contribution in [0.4, 0.5) is 13.2 Å². The molecule has 2 N–H and O–H groups in total. The highest BCUT2D eigenvalue weighted by atomic mass is 35.5. The summed E-state index contributed by atoms with van der Waals surface area (Å²) in [5, 5.41) is 0. The zero-order chi connectivity index (χ0) is 14.9. The minimum Gasteiger partial charge on any atom is -0.339 e. The smallest absolute Gasteiger partial charge is 0.339 e. The Morgan fingerprint density at radius 3 is 2.43 bits per heavy atom. The molecule has 0 aromatic rings. The molecule has 1 saturated carbocycles. The summed E-state index contributed by atoms with van der Waals surface area (Å²) >= 11 is 0. The third-order valence-electron chi connectivity index (χ3n) is 4.78. The van der Waals surface area contributed by atoms with Gasteiger partial charge in [0.15, 0.2) is 0 Å². The Morgan fingerprint density at radius 2 is 1.90 bits per heavy atom. The largest absolute Gasteiger partial charge is 0.392 e. The van der Waals surface area contributed by atoms with Crippen molar-refractivity contribution in [1.82, 2.24) is 4.90 Å². The molecule has 0 bridgehead atoms. The van der Waals surface area contributed by atoms with Crippen molar-refractivity contribution >= 4 is 18.3 Å². The normalized spacial score (nSPS) is 33.7. The van der Waals surface area contributed by atoms with E-state index in [1.54, 1.807) is 4.90 Å². The summed E-state index contributed by atoms with van der Waals surface area (Å²) in [6, 6.07) is 0.00635. The molecular weight excluding hydrogens is 305 g/mol. The van der Waals surface area contributed by atoms with Crippen molar-refractivity contribution in [3.63, 3.8) is 0 Å². The quantitative estimate of drug-likeness (QED) is 0.847. The third-order valence-corrected chi connectivity index (χ3v) is 4.78. The molecule has 4 unspecified atom stereocenters. The van der Waals surface area contributed by atoms with Gasteiger partial charge in [0.2, 0.25) is 5.91 Å². The number of halogens is 4. The molecule has 0 spiro atoms. The zero-order valence-corrected chi connectivity index (χ0v) is 13.1. The lowest BCUT2D eigenvalue weighted by Gasteiger charge is -2.35. The standard InChI is InChI=1S/C14H23F3N2O.ClH/c1-9-6-10(7-18)8-19(9)13(20)11-4-2-3-5-12(11)14(15,16)17;/h9-12H,2-8,18H2,1H3;1H. The van der Waals surface area contributed by atoms with Crippen molar-refractivity contribution in [1.29, 1.82) is 0 Å². The molecule has 124 valence electrons. The minimum atomic E-state index is -4.27. The highest BCUT2D eigenvalue weighted by molar-refractivity contribution is 5.85. The van der Waals surface area contributed by atoms with E-state index in [1.165, 1.54) is 0 Å². The Bertz CT molecular complexity index is 365. The highest BCUT2D eigenvalue weighted by Gasteiger charge is 2.50. The van der Waals surface area contributed by atoms with E-state index in [1.807, 2.05) is 6.92 Å². The van der Waals surface area contributed by atoms with Crippen LogP contribution in [0.1, 0.15) is 39.0 Å². The van der Waals surface area contributed by atoms with Crippen LogP contribution < -0.4 is 5.73 Å². The average molecular weight is 329 g/mol. The maximum atomic E-state index is 13.1. The Kier molecular flexibility index (Phi) is 6.35. The molecule has 1 amide bonds. The molecule has 0 aromatic heterocycles. The Labute approximate surface area is 129 Å². The first-order valence-electron chi connectivity index (χ1n) is 7.41. The summed E-state index contributed by atoms with van der Waals surface area (Å²) in [5.41, 5.74) is 5.62. The van der Waals surface area contributed by atoms with Crippen molar-refractivity contribution in [2.45, 2.75) is 51.2 Å². The Balaban J connectivity index is 0.00000220. The van der Waals surface area contributed by atoms with Gasteiger partial charge in [-0.2, -0.15) is 13.2 Å². The number of nitrogens with zero attached hydrogens (tertiary/aromatic N) is 1. The lowest BCUT2D eigenvalue weighted by Crippen LogP contribution is -2.46. The van der Waals surface area contributed by atoms with Crippen molar-refractivity contribution in [2.75, 3.05) is 13.1 Å². The van der Waals surface area contributed by atoms with Crippen LogP contribution in [0, 0.1) is 17.8 Å². The van der Waals surface area contributed by atoms with Crippen LogP contribution in [-0.2, 0) is 4.79 Å². The van der Waals surface area contributed by atoms with Gasteiger partial charge in [-0.05, 0) is 38.6 Å². The fourth-order valence-electron chi connectivity index (χ4n) is 3.65. The van der Waals surface area contributed by atoms with E-state index in [0.29, 0.717) is 32.4 Å². The lowest BCUT2D eigenvalue weighted by molar-refractivity contribution is -0.201. The van der Waals surface area contributed by atoms with Crippen LogP contribution in [0.25, 0.3) is 0 Å². The molecule has 21 heavy (non-hydrogen) atoms. The summed E-state index contributed by atoms with van der Waals surface area (Å²) in [6.07, 6.45) is -1.74. The van der Waals surface area contributed by atoms with Crippen LogP contribution >= 0.6 is 12.4 Å². The summed E-state index contributed by atoms with van der Waals surface area (Å²) in [7, 11) is 0. The summed E-state index contributed by atoms with van der Waals surface area (Å²) < 4.78 is 39.3. The molecule has 3 nitrogen and oxygen atoms in total. The summed E-state index contributed by atoms with van der Waals surface area (Å²) in [4.78, 5) is 14.1. The van der Waals surface area contributed by atoms with Crippen LogP contribution in [0.3, 0.4) is 0 Å². The number of carbonyl (C=O) groups is 1. The molecule has 4 atom stereocenters. The van der Waals surface area contributed by atoms with Gasteiger partial charge in [-0.1, -0.05) is 12.8 Å². The van der Waals surface area contributed by atoms with Gasteiger partial charge in [-0.15, -0.1) is 12.4 Å². The molecule has 7 heteroatoms. The first-order valence-corrected chi connectivity index (χ1v) is 7.41. The van der Waals surface area contributed by atoms with Gasteiger partial charge in [-0.3, -0.25) is 4.79 Å². The van der Waals surface area contributed by atoms with Gasteiger partial charge < -0.3 is 10.6 Å². The average Bonchev–Trinajstić information content (AvgIpc) is 2.78. The molecule has 0 radical (unpaired) electrons. The van der Waals surface area contributed by atoms with Crippen molar-refractivity contribution < 1.29 is 18.0 Å². The van der Waals surface area contributed by atoms with Crippen LogP contribution in [-0.4, -0.2) is 36.1 Å². The minimum absolute atomic E-state index is 0. The van der Waals surface area contributed by atoms with Crippen molar-refractivity contribution in [3.8, 4) is 0 Å². The van der Waals surface area contributed by atoms with Gasteiger partial charge in [-0.25, -0.2) is 0 Å². The topological polar surface area (TPSA) is 46.3 Å². The predicted octanol–water partition coefficient (Wildman–Crippen LogP) is 2.97. The summed E-state index contributed by atoms with van der Waals surface area (Å²) in [5.74, 6) is -2.44. The van der Waals surface area contributed by atoms with Gasteiger partial charge >= 0.3 is 6.18 Å². The van der Waals surface area contributed by atoms with E-state index in [2.05, 4.69) is 0 Å². The number of alkyl halides is 3. The van der Waals surface area contributed by atoms with Gasteiger partial charge in [0.05, 0.1) is 5.92 Å². The first-order chi connectivity index (χ1) is 9.34. The molecule has 1 aliphatic carbocycles. The second kappa shape index (κ2) is 7.18. The van der Waals surface area contributed by atoms with E-state index in [-0.39, 0.29) is 36.7 Å². The Hall–Kier alpha value is -0.490. The van der Waals surface area contributed by atoms with Crippen molar-refractivity contribution in [2.24, 2.45) is 23.5 Å². The van der Waals surface area contributed by atoms with Crippen LogP contribution in [0.2, 0.25) is 0 Å². The fourth-order valence-corrected chi connectivity index (χ4v) is 3.65. The van der Waals surface area contributed by atoms with Crippen molar-refractivity contribution in [3.05, 3.63) is 0 Å².